The van der Waals surface area contributed by atoms with E-state index in [0.29, 0.717) is 0 Å². The first-order valence-corrected chi connectivity index (χ1v) is 20.8. The zero-order valence-electron chi connectivity index (χ0n) is 33.2. The van der Waals surface area contributed by atoms with Gasteiger partial charge in [0.25, 0.3) is 0 Å². The number of allylic oxidation sites excluding steroid dienone is 3. The number of nitrogens with zero attached hydrogens (tertiary/aromatic N) is 1. The standard InChI is InChI=1S/C57H41NO/c1-57(2)52-26-13-12-21-45(52)46-30-29-40(34-53(46)57)58(39-17-4-3-5-18-39)54-32-31-44(42-19-8-10-22-47(42)54)50-35-51-49-25-14-24-41(38-28-27-36-15-6-7-16-37(36)33-38)55(49)59-56(51)48-23-11-9-20-43(48)50/h4,6-35H,3,5H2,1-2H3. The summed E-state index contributed by atoms with van der Waals surface area (Å²) in [6, 6.07) is 62.6. The van der Waals surface area contributed by atoms with Crippen molar-refractivity contribution in [2.24, 2.45) is 0 Å². The molecule has 12 rings (SSSR count). The molecule has 0 saturated heterocycles. The van der Waals surface area contributed by atoms with Crippen LogP contribution in [0.3, 0.4) is 0 Å². The molecule has 10 aromatic rings. The summed E-state index contributed by atoms with van der Waals surface area (Å²) in [4.78, 5) is 2.49. The highest BCUT2D eigenvalue weighted by molar-refractivity contribution is 6.22. The number of rotatable bonds is 5. The minimum atomic E-state index is -0.0937. The van der Waals surface area contributed by atoms with Gasteiger partial charge in [0, 0.05) is 43.9 Å². The summed E-state index contributed by atoms with van der Waals surface area (Å²) in [5.41, 5.74) is 15.4. The number of furan rings is 1. The van der Waals surface area contributed by atoms with Gasteiger partial charge in [-0.1, -0.05) is 166 Å². The fourth-order valence-electron chi connectivity index (χ4n) is 10.2. The molecular weight excluding hydrogens is 715 g/mol. The lowest BCUT2D eigenvalue weighted by Crippen LogP contribution is -2.19. The van der Waals surface area contributed by atoms with Gasteiger partial charge in [0.2, 0.25) is 0 Å². The number of para-hydroxylation sites is 1. The fraction of sp³-hybridized carbons (Fsp3) is 0.0877. The van der Waals surface area contributed by atoms with Crippen LogP contribution in [-0.4, -0.2) is 0 Å². The second-order valence-corrected chi connectivity index (χ2v) is 16.7. The molecule has 0 atom stereocenters. The molecule has 1 heterocycles. The van der Waals surface area contributed by atoms with Crippen molar-refractivity contribution in [1.82, 2.24) is 0 Å². The quantitative estimate of drug-likeness (QED) is 0.174. The molecular formula is C57H41NO. The molecule has 0 saturated carbocycles. The summed E-state index contributed by atoms with van der Waals surface area (Å²) < 4.78 is 6.96. The van der Waals surface area contributed by atoms with Crippen LogP contribution in [0.15, 0.2) is 198 Å². The summed E-state index contributed by atoms with van der Waals surface area (Å²) in [6.45, 7) is 4.73. The van der Waals surface area contributed by atoms with Crippen molar-refractivity contribution in [3.63, 3.8) is 0 Å². The van der Waals surface area contributed by atoms with Crippen molar-refractivity contribution in [2.45, 2.75) is 32.1 Å². The predicted molar refractivity (Wildman–Crippen MR) is 250 cm³/mol. The minimum Gasteiger partial charge on any atom is -0.455 e. The van der Waals surface area contributed by atoms with Crippen molar-refractivity contribution >= 4 is 65.6 Å². The van der Waals surface area contributed by atoms with Crippen LogP contribution in [-0.2, 0) is 5.41 Å². The zero-order valence-corrected chi connectivity index (χ0v) is 33.2. The third-order valence-electron chi connectivity index (χ3n) is 13.1. The number of hydrogen-bond donors (Lipinski definition) is 0. The van der Waals surface area contributed by atoms with E-state index < -0.39 is 0 Å². The van der Waals surface area contributed by atoms with E-state index >= 15 is 0 Å². The molecule has 280 valence electrons. The van der Waals surface area contributed by atoms with E-state index in [9.17, 15) is 0 Å². The van der Waals surface area contributed by atoms with Crippen LogP contribution in [0.2, 0.25) is 0 Å². The molecule has 0 amide bonds. The normalized spacial score (nSPS) is 14.3. The minimum absolute atomic E-state index is 0.0937. The van der Waals surface area contributed by atoms with Crippen molar-refractivity contribution in [2.75, 3.05) is 4.90 Å². The number of benzene rings is 9. The van der Waals surface area contributed by atoms with Gasteiger partial charge in [0.05, 0.1) is 5.69 Å². The van der Waals surface area contributed by atoms with Gasteiger partial charge in [-0.05, 0) is 110 Å². The first-order chi connectivity index (χ1) is 29.0. The first-order valence-electron chi connectivity index (χ1n) is 20.8. The lowest BCUT2D eigenvalue weighted by atomic mass is 9.82. The van der Waals surface area contributed by atoms with Gasteiger partial charge < -0.3 is 9.32 Å². The number of anilines is 2. The second-order valence-electron chi connectivity index (χ2n) is 16.7. The number of fused-ring (bicyclic) bond motifs is 10. The maximum atomic E-state index is 6.96. The highest BCUT2D eigenvalue weighted by atomic mass is 16.3. The topological polar surface area (TPSA) is 16.4 Å². The molecule has 0 bridgehead atoms. The highest BCUT2D eigenvalue weighted by Gasteiger charge is 2.36. The van der Waals surface area contributed by atoms with E-state index in [2.05, 4.69) is 207 Å². The van der Waals surface area contributed by atoms with Crippen LogP contribution in [0.4, 0.5) is 11.4 Å². The van der Waals surface area contributed by atoms with Crippen LogP contribution < -0.4 is 4.90 Å². The summed E-state index contributed by atoms with van der Waals surface area (Å²) in [7, 11) is 0. The summed E-state index contributed by atoms with van der Waals surface area (Å²) in [6.07, 6.45) is 9.09. The van der Waals surface area contributed by atoms with Gasteiger partial charge >= 0.3 is 0 Å². The largest absolute Gasteiger partial charge is 0.455 e. The fourth-order valence-corrected chi connectivity index (χ4v) is 10.2. The molecule has 2 aliphatic rings. The average molecular weight is 756 g/mol. The third-order valence-corrected chi connectivity index (χ3v) is 13.1. The smallest absolute Gasteiger partial charge is 0.143 e. The molecule has 1 aromatic heterocycles. The average Bonchev–Trinajstić information content (AvgIpc) is 3.78. The van der Waals surface area contributed by atoms with Gasteiger partial charge in [0.15, 0.2) is 0 Å². The molecule has 2 nitrogen and oxygen atoms in total. The SMILES string of the molecule is CC1(C)c2ccccc2-c2ccc(N(C3=CCCC=C3)c3ccc(-c4cc5c6cccc(-c7ccc8ccccc8c7)c6oc5c5ccccc45)c4ccccc34)cc21. The Morgan fingerprint density at radius 1 is 0.458 bits per heavy atom. The maximum absolute atomic E-state index is 6.96. The van der Waals surface area contributed by atoms with Crippen LogP contribution in [0.1, 0.15) is 37.8 Å². The number of hydrogen-bond acceptors (Lipinski definition) is 2. The van der Waals surface area contributed by atoms with Gasteiger partial charge in [-0.15, -0.1) is 0 Å². The molecule has 2 aliphatic carbocycles. The molecule has 0 aliphatic heterocycles. The van der Waals surface area contributed by atoms with E-state index in [1.165, 1.54) is 77.4 Å². The second kappa shape index (κ2) is 12.9. The van der Waals surface area contributed by atoms with Gasteiger partial charge in [-0.25, -0.2) is 0 Å². The Kier molecular flexibility index (Phi) is 7.43. The Labute approximate surface area is 344 Å². The van der Waals surface area contributed by atoms with E-state index in [-0.39, 0.29) is 5.41 Å². The van der Waals surface area contributed by atoms with Gasteiger partial charge in [-0.2, -0.15) is 0 Å². The molecule has 0 unspecified atom stereocenters. The highest BCUT2D eigenvalue weighted by Crippen LogP contribution is 2.51. The maximum Gasteiger partial charge on any atom is 0.143 e. The van der Waals surface area contributed by atoms with E-state index in [0.717, 1.165) is 51.3 Å². The summed E-state index contributed by atoms with van der Waals surface area (Å²) >= 11 is 0. The Morgan fingerprint density at radius 2 is 1.14 bits per heavy atom. The third kappa shape index (κ3) is 5.12. The van der Waals surface area contributed by atoms with Crippen molar-refractivity contribution in [3.05, 3.63) is 205 Å². The van der Waals surface area contributed by atoms with E-state index in [1.54, 1.807) is 0 Å². The Balaban J connectivity index is 1.06. The molecule has 2 heteroatoms. The predicted octanol–water partition coefficient (Wildman–Crippen LogP) is 16.1. The van der Waals surface area contributed by atoms with Crippen LogP contribution >= 0.6 is 0 Å². The zero-order chi connectivity index (χ0) is 39.2. The lowest BCUT2D eigenvalue weighted by molar-refractivity contribution is 0.660. The van der Waals surface area contributed by atoms with Crippen LogP contribution in [0, 0.1) is 0 Å². The van der Waals surface area contributed by atoms with Crippen molar-refractivity contribution < 1.29 is 4.42 Å². The Morgan fingerprint density at radius 3 is 1.98 bits per heavy atom. The molecule has 9 aromatic carbocycles. The molecule has 0 N–H and O–H groups in total. The summed E-state index contributed by atoms with van der Waals surface area (Å²) in [5.74, 6) is 0. The molecule has 0 radical (unpaired) electrons. The van der Waals surface area contributed by atoms with E-state index in [4.69, 9.17) is 4.42 Å². The molecule has 0 spiro atoms. The molecule has 59 heavy (non-hydrogen) atoms. The van der Waals surface area contributed by atoms with Crippen LogP contribution in [0.25, 0.3) is 87.6 Å². The van der Waals surface area contributed by atoms with Crippen molar-refractivity contribution in [1.29, 1.82) is 0 Å². The lowest BCUT2D eigenvalue weighted by Gasteiger charge is -2.31. The monoisotopic (exact) mass is 755 g/mol. The summed E-state index contributed by atoms with van der Waals surface area (Å²) in [5, 5.41) is 9.45. The molecule has 0 fully saturated rings. The first kappa shape index (κ1) is 33.9. The van der Waals surface area contributed by atoms with Gasteiger partial charge in [-0.3, -0.25) is 0 Å². The van der Waals surface area contributed by atoms with Gasteiger partial charge in [0.1, 0.15) is 11.2 Å². The van der Waals surface area contributed by atoms with Crippen LogP contribution in [0.5, 0.6) is 0 Å². The van der Waals surface area contributed by atoms with E-state index in [1.807, 2.05) is 0 Å². The van der Waals surface area contributed by atoms with Crippen molar-refractivity contribution in [3.8, 4) is 33.4 Å². The Bertz CT molecular complexity index is 3430. The Hall–Kier alpha value is -7.16.